The maximum atomic E-state index is 12.8. The van der Waals surface area contributed by atoms with Crippen LogP contribution >= 0.6 is 11.6 Å². The van der Waals surface area contributed by atoms with Crippen LogP contribution in [0.25, 0.3) is 10.9 Å². The lowest BCUT2D eigenvalue weighted by atomic mass is 10.1. The Kier molecular flexibility index (Phi) is 3.27. The first-order chi connectivity index (χ1) is 8.34. The summed E-state index contributed by atoms with van der Waals surface area (Å²) in [5.41, 5.74) is 11.0. The highest BCUT2D eigenvalue weighted by atomic mass is 35.5. The molecule has 1 atom stereocenters. The zero-order valence-electron chi connectivity index (χ0n) is 9.18. The van der Waals surface area contributed by atoms with Gasteiger partial charge in [-0.1, -0.05) is 11.6 Å². The molecule has 7 heteroatoms. The maximum absolute atomic E-state index is 12.8. The largest absolute Gasteiger partial charge is 0.417 e. The van der Waals surface area contributed by atoms with Crippen LogP contribution in [-0.4, -0.2) is 11.5 Å². The number of hydrogen-bond donors (Lipinski definition) is 3. The second-order valence-electron chi connectivity index (χ2n) is 3.95. The Morgan fingerprint density at radius 1 is 1.33 bits per heavy atom. The Bertz CT molecular complexity index is 577. The van der Waals surface area contributed by atoms with E-state index in [-0.39, 0.29) is 22.5 Å². The van der Waals surface area contributed by atoms with Crippen LogP contribution in [0.2, 0.25) is 5.02 Å². The van der Waals surface area contributed by atoms with Gasteiger partial charge in [0.1, 0.15) is 0 Å². The maximum Gasteiger partial charge on any atom is 0.417 e. The Labute approximate surface area is 106 Å². The van der Waals surface area contributed by atoms with Crippen molar-refractivity contribution >= 4 is 22.5 Å². The Morgan fingerprint density at radius 2 is 2.00 bits per heavy atom. The molecule has 1 heterocycles. The summed E-state index contributed by atoms with van der Waals surface area (Å²) in [6.45, 7) is 0.131. The minimum Gasteiger partial charge on any atom is -0.356 e. The van der Waals surface area contributed by atoms with Crippen molar-refractivity contribution in [2.75, 3.05) is 6.54 Å². The zero-order chi connectivity index (χ0) is 13.5. The van der Waals surface area contributed by atoms with Crippen LogP contribution in [0.3, 0.4) is 0 Å². The van der Waals surface area contributed by atoms with Gasteiger partial charge in [-0.15, -0.1) is 0 Å². The number of aromatic nitrogens is 1. The number of fused-ring (bicyclic) bond motifs is 1. The van der Waals surface area contributed by atoms with Crippen LogP contribution in [0.4, 0.5) is 13.2 Å². The molecule has 1 aromatic heterocycles. The predicted octanol–water partition coefficient (Wildman–Crippen LogP) is 2.80. The molecule has 0 bridgehead atoms. The van der Waals surface area contributed by atoms with E-state index in [9.17, 15) is 13.2 Å². The topological polar surface area (TPSA) is 67.8 Å². The van der Waals surface area contributed by atoms with Gasteiger partial charge in [0, 0.05) is 17.6 Å². The number of hydrogen-bond acceptors (Lipinski definition) is 2. The van der Waals surface area contributed by atoms with Gasteiger partial charge in [-0.25, -0.2) is 0 Å². The summed E-state index contributed by atoms with van der Waals surface area (Å²) in [6, 6.07) is 2.97. The van der Waals surface area contributed by atoms with E-state index in [1.807, 2.05) is 0 Å². The van der Waals surface area contributed by atoms with Crippen LogP contribution < -0.4 is 11.5 Å². The van der Waals surface area contributed by atoms with Gasteiger partial charge in [-0.2, -0.15) is 13.2 Å². The fourth-order valence-corrected chi connectivity index (χ4v) is 1.99. The first-order valence-electron chi connectivity index (χ1n) is 5.18. The third kappa shape index (κ3) is 2.19. The van der Waals surface area contributed by atoms with Crippen molar-refractivity contribution in [3.63, 3.8) is 0 Å². The highest BCUT2D eigenvalue weighted by molar-refractivity contribution is 6.35. The monoisotopic (exact) mass is 277 g/mol. The van der Waals surface area contributed by atoms with Gasteiger partial charge in [0.05, 0.1) is 22.1 Å². The lowest BCUT2D eigenvalue weighted by Gasteiger charge is -2.08. The molecule has 0 amide bonds. The third-order valence-corrected chi connectivity index (χ3v) is 3.04. The number of alkyl halides is 3. The van der Waals surface area contributed by atoms with Crippen molar-refractivity contribution in [1.29, 1.82) is 0 Å². The number of halogens is 4. The smallest absolute Gasteiger partial charge is 0.356 e. The number of aromatic amines is 1. The van der Waals surface area contributed by atoms with E-state index in [1.54, 1.807) is 0 Å². The molecule has 1 aromatic carbocycles. The minimum absolute atomic E-state index is 0.00824. The standard InChI is InChI=1S/C11H11ClF3N3/c12-7-2-1-6(11(13,14)15)5-3-9(8(17)4-16)18-10(5)7/h1-3,8,18H,4,16-17H2. The Balaban J connectivity index is 2.70. The van der Waals surface area contributed by atoms with Crippen molar-refractivity contribution < 1.29 is 13.2 Å². The van der Waals surface area contributed by atoms with E-state index in [0.29, 0.717) is 5.69 Å². The third-order valence-electron chi connectivity index (χ3n) is 2.72. The fourth-order valence-electron chi connectivity index (χ4n) is 1.78. The second kappa shape index (κ2) is 4.46. The quantitative estimate of drug-likeness (QED) is 0.790. The summed E-state index contributed by atoms with van der Waals surface area (Å²) in [4.78, 5) is 2.79. The molecule has 18 heavy (non-hydrogen) atoms. The molecule has 2 aromatic rings. The molecule has 0 radical (unpaired) electrons. The van der Waals surface area contributed by atoms with Gasteiger partial charge in [0.15, 0.2) is 0 Å². The molecule has 0 saturated carbocycles. The summed E-state index contributed by atoms with van der Waals surface area (Å²) in [7, 11) is 0. The van der Waals surface area contributed by atoms with Gasteiger partial charge >= 0.3 is 6.18 Å². The molecule has 0 aliphatic heterocycles. The van der Waals surface area contributed by atoms with E-state index < -0.39 is 17.8 Å². The minimum atomic E-state index is -4.44. The Morgan fingerprint density at radius 3 is 2.56 bits per heavy atom. The molecule has 0 aliphatic rings. The van der Waals surface area contributed by atoms with Crippen LogP contribution in [0.1, 0.15) is 17.3 Å². The van der Waals surface area contributed by atoms with Crippen LogP contribution in [0.15, 0.2) is 18.2 Å². The van der Waals surface area contributed by atoms with Gasteiger partial charge in [-0.05, 0) is 18.2 Å². The first-order valence-corrected chi connectivity index (χ1v) is 5.56. The van der Waals surface area contributed by atoms with Gasteiger partial charge in [-0.3, -0.25) is 0 Å². The van der Waals surface area contributed by atoms with E-state index in [1.165, 1.54) is 12.1 Å². The summed E-state index contributed by atoms with van der Waals surface area (Å²) in [6.07, 6.45) is -4.44. The van der Waals surface area contributed by atoms with Crippen molar-refractivity contribution in [3.05, 3.63) is 34.5 Å². The van der Waals surface area contributed by atoms with Crippen LogP contribution in [0.5, 0.6) is 0 Å². The lowest BCUT2D eigenvalue weighted by Crippen LogP contribution is -2.20. The number of H-pyrrole nitrogens is 1. The zero-order valence-corrected chi connectivity index (χ0v) is 9.94. The average molecular weight is 278 g/mol. The van der Waals surface area contributed by atoms with E-state index >= 15 is 0 Å². The summed E-state index contributed by atoms with van der Waals surface area (Å²) < 4.78 is 38.5. The summed E-state index contributed by atoms with van der Waals surface area (Å²) >= 11 is 5.87. The van der Waals surface area contributed by atoms with Crippen molar-refractivity contribution in [3.8, 4) is 0 Å². The number of rotatable bonds is 2. The number of benzene rings is 1. The predicted molar refractivity (Wildman–Crippen MR) is 64.3 cm³/mol. The molecule has 2 rings (SSSR count). The highest BCUT2D eigenvalue weighted by Crippen LogP contribution is 2.38. The van der Waals surface area contributed by atoms with Gasteiger partial charge < -0.3 is 16.5 Å². The van der Waals surface area contributed by atoms with Crippen LogP contribution in [-0.2, 0) is 6.18 Å². The SMILES string of the molecule is NCC(N)c1cc2c(C(F)(F)F)ccc(Cl)c2[nH]1. The Hall–Kier alpha value is -1.24. The van der Waals surface area contributed by atoms with Gasteiger partial charge in [0.25, 0.3) is 0 Å². The molecule has 0 saturated heterocycles. The van der Waals surface area contributed by atoms with E-state index in [0.717, 1.165) is 6.07 Å². The molecular weight excluding hydrogens is 267 g/mol. The van der Waals surface area contributed by atoms with E-state index in [2.05, 4.69) is 4.98 Å². The second-order valence-corrected chi connectivity index (χ2v) is 4.36. The molecule has 0 spiro atoms. The molecule has 5 N–H and O–H groups in total. The van der Waals surface area contributed by atoms with E-state index in [4.69, 9.17) is 23.1 Å². The number of nitrogens with one attached hydrogen (secondary N) is 1. The van der Waals surface area contributed by atoms with Crippen molar-refractivity contribution in [1.82, 2.24) is 4.98 Å². The van der Waals surface area contributed by atoms with Gasteiger partial charge in [0.2, 0.25) is 0 Å². The summed E-state index contributed by atoms with van der Waals surface area (Å²) in [5, 5.41) is 0.224. The van der Waals surface area contributed by atoms with Crippen LogP contribution in [0, 0.1) is 0 Å². The first kappa shape index (κ1) is 13.2. The molecule has 1 unspecified atom stereocenters. The normalized spacial score (nSPS) is 14.1. The molecule has 98 valence electrons. The molecule has 0 aliphatic carbocycles. The summed E-state index contributed by atoms with van der Waals surface area (Å²) in [5.74, 6) is 0. The van der Waals surface area contributed by atoms with Crippen molar-refractivity contribution in [2.45, 2.75) is 12.2 Å². The molecular formula is C11H11ClF3N3. The average Bonchev–Trinajstić information content (AvgIpc) is 2.72. The highest BCUT2D eigenvalue weighted by Gasteiger charge is 2.33. The fraction of sp³-hybridized carbons (Fsp3) is 0.273. The molecule has 0 fully saturated rings. The lowest BCUT2D eigenvalue weighted by molar-refractivity contribution is -0.136. The van der Waals surface area contributed by atoms with Crippen molar-refractivity contribution in [2.24, 2.45) is 11.5 Å². The molecule has 3 nitrogen and oxygen atoms in total. The number of nitrogens with two attached hydrogens (primary N) is 2.